The van der Waals surface area contributed by atoms with Crippen LogP contribution in [0.15, 0.2) is 11.6 Å². The van der Waals surface area contributed by atoms with E-state index in [1.807, 2.05) is 13.8 Å². The molecule has 18 unspecified atom stereocenters. The van der Waals surface area contributed by atoms with Gasteiger partial charge in [-0.25, -0.2) is 0 Å². The van der Waals surface area contributed by atoms with Gasteiger partial charge in [0.15, 0.2) is 62.5 Å². The molecule has 126 heavy (non-hydrogen) atoms. The molecule has 9 aliphatic heterocycles. The second kappa shape index (κ2) is 37.8. The topological polar surface area (TPSA) is 672 Å². The lowest BCUT2D eigenvalue weighted by atomic mass is 9.33. The molecule has 14 rings (SSSR count). The van der Waals surface area contributed by atoms with E-state index in [1.54, 1.807) is 6.92 Å². The minimum absolute atomic E-state index is 0.00455. The van der Waals surface area contributed by atoms with E-state index in [-0.39, 0.29) is 25.2 Å². The van der Waals surface area contributed by atoms with E-state index in [1.165, 1.54) is 20.8 Å². The van der Waals surface area contributed by atoms with Gasteiger partial charge in [0.2, 0.25) is 6.29 Å². The Hall–Kier alpha value is -3.21. The van der Waals surface area contributed by atoms with Gasteiger partial charge in [-0.1, -0.05) is 53.2 Å². The highest BCUT2D eigenvalue weighted by molar-refractivity contribution is 5.80. The van der Waals surface area contributed by atoms with E-state index in [0.29, 0.717) is 38.5 Å². The quantitative estimate of drug-likeness (QED) is 0.0195. The fraction of sp³-hybridized carbons (Fsp3) is 0.939. The van der Waals surface area contributed by atoms with Crippen molar-refractivity contribution in [2.45, 2.75) is 385 Å². The lowest BCUT2D eigenvalue weighted by Crippen LogP contribution is -2.69. The summed E-state index contributed by atoms with van der Waals surface area (Å²) in [4.78, 5) is 44.4. The van der Waals surface area contributed by atoms with Gasteiger partial charge in [-0.15, -0.1) is 0 Å². The molecule has 50 atom stereocenters. The number of allylic oxidation sites excluding steroid dienone is 2. The second-order valence-corrected chi connectivity index (χ2v) is 39.0. The van der Waals surface area contributed by atoms with E-state index in [2.05, 4.69) is 26.8 Å². The number of hydrogen-bond donors (Lipinski definition) is 22. The van der Waals surface area contributed by atoms with Crippen LogP contribution in [0.25, 0.3) is 0 Å². The molecule has 13 fully saturated rings. The van der Waals surface area contributed by atoms with Crippen LogP contribution in [-0.2, 0) is 104 Å². The normalized spacial score (nSPS) is 54.6. The van der Waals surface area contributed by atoms with Crippen LogP contribution in [0.3, 0.4) is 0 Å². The smallest absolute Gasteiger partial charge is 0.317 e. The van der Waals surface area contributed by atoms with E-state index in [0.717, 1.165) is 18.8 Å². The molecule has 0 bridgehead atoms. The maximum Gasteiger partial charge on any atom is 0.317 e. The summed E-state index contributed by atoms with van der Waals surface area (Å²) in [6.07, 6.45) is -69.0. The summed E-state index contributed by atoms with van der Waals surface area (Å²) in [6.45, 7) is 12.2. The SMILES string of the molecule is CC(=O)O[C@H]1C(C)O[C@@H](OC(=O)[C@]23CCC(C)(C)CC2C2=CCC4C5(C)CC[C@H](O[C@@H]6OC[C@@H](O)[C@H](O[C@@H]7OC[C@@H](O)[C@H](O)C7O)C6O[C@@H]6OC(CO)[C@H](O)[C@H](O)C6O)[C@](C)(C=O)[C@@H]5CC[C@]4(C)[C@]2(C)CC3O)[C@H](O[C@@H]2OC(C)[C@H](O[C@@H]3OC[C@@H](O)C(O[C@@H]4OC[C@@](O)(CO)C4O)[C@H]3O)C(O[C@@H]3OC(CO)[C@@H](O)C(O)[C@H]3O)[C@@H]2O)C1O[C@@H]1OC(C)[C@H](O)[C@H](O)C1O. The van der Waals surface area contributed by atoms with Crippen molar-refractivity contribution in [1.82, 2.24) is 0 Å². The standard InChI is InChI=1S/C82H130O44/c1-29-44(92)48(96)52(100)68(112-29)123-62-58(115-32(4)87)31(3)114-73(64(62)125-71-56(104)61(122-69-53(101)49(97)46(94)38(21-83)116-69)57(30(2)113-71)119-67-55(103)59(36(89)24-109-67)120-74-65(105)81(107,27-86)28-111-74)126-75(106)82-18-17-76(5,6)19-34(82)33-11-12-41-77(7)15-14-43(78(8,26-85)40(77)13-16-79(41,9)80(33,10)20-42(82)91)118-72-63(124-70-54(102)50(98)47(95)39(22-84)117-70)60(37(90)25-110-72)121-66-51(99)45(93)35(88)23-108-66/h11,26,29-31,34-74,83-84,86,88-105,107H,12-25,27-28H2,1-10H3/t29?,30?,31?,34?,35-,36-,37-,38?,39?,40-,41?,42?,43+,44+,45+,46-,47+,48+,49?,50+,51?,52?,53-,54?,55-,56+,57+,58+,59?,60+,61?,62?,63?,64-,65?,66+,67+,68+,69+,70+,71+,72+,73+,74+,77?,78-,79+,80-,81+,82-/m1/s1. The number of fused-ring (bicyclic) bond motifs is 7. The summed E-state index contributed by atoms with van der Waals surface area (Å²) in [6, 6.07) is 0. The Morgan fingerprint density at radius 3 is 1.53 bits per heavy atom. The summed E-state index contributed by atoms with van der Waals surface area (Å²) < 4.78 is 117. The fourth-order valence-electron chi connectivity index (χ4n) is 23.0. The zero-order valence-electron chi connectivity index (χ0n) is 71.7. The molecule has 0 aromatic rings. The highest BCUT2D eigenvalue weighted by atomic mass is 16.8. The monoisotopic (exact) mass is 1820 g/mol. The molecule has 4 saturated carbocycles. The molecule has 44 heteroatoms. The molecule has 9 heterocycles. The minimum Gasteiger partial charge on any atom is -0.457 e. The van der Waals surface area contributed by atoms with Crippen LogP contribution in [0.4, 0.5) is 0 Å². The third-order valence-electron chi connectivity index (χ3n) is 30.7. The van der Waals surface area contributed by atoms with Crippen molar-refractivity contribution in [3.8, 4) is 0 Å². The molecule has 722 valence electrons. The van der Waals surface area contributed by atoms with Crippen molar-refractivity contribution in [1.29, 1.82) is 0 Å². The van der Waals surface area contributed by atoms with E-state index >= 15 is 4.79 Å². The lowest BCUT2D eigenvalue weighted by molar-refractivity contribution is -0.404. The van der Waals surface area contributed by atoms with Gasteiger partial charge in [0.25, 0.3) is 0 Å². The molecule has 0 radical (unpaired) electrons. The Morgan fingerprint density at radius 1 is 0.444 bits per heavy atom. The average molecular weight is 1820 g/mol. The number of aliphatic hydroxyl groups excluding tert-OH is 21. The van der Waals surface area contributed by atoms with Gasteiger partial charge in [-0.05, 0) is 118 Å². The molecule has 0 spiro atoms. The highest BCUT2D eigenvalue weighted by Gasteiger charge is 2.74. The van der Waals surface area contributed by atoms with E-state index in [4.69, 9.17) is 90.0 Å². The second-order valence-electron chi connectivity index (χ2n) is 39.0. The Bertz CT molecular complexity index is 3740. The predicted molar refractivity (Wildman–Crippen MR) is 409 cm³/mol. The first kappa shape index (κ1) is 98.8. The van der Waals surface area contributed by atoms with Crippen molar-refractivity contribution in [2.75, 3.05) is 46.2 Å². The van der Waals surface area contributed by atoms with Crippen LogP contribution in [0, 0.1) is 50.2 Å². The summed E-state index contributed by atoms with van der Waals surface area (Å²) in [5.41, 5.74) is -7.45. The maximum atomic E-state index is 16.6. The predicted octanol–water partition coefficient (Wildman–Crippen LogP) is -8.55. The summed E-state index contributed by atoms with van der Waals surface area (Å²) in [7, 11) is 0. The highest BCUT2D eigenvalue weighted by Crippen LogP contribution is 2.76. The largest absolute Gasteiger partial charge is 0.457 e. The van der Waals surface area contributed by atoms with Crippen molar-refractivity contribution in [3.05, 3.63) is 11.6 Å². The van der Waals surface area contributed by atoms with Gasteiger partial charge in [-0.2, -0.15) is 0 Å². The third-order valence-corrected chi connectivity index (χ3v) is 30.7. The van der Waals surface area contributed by atoms with Gasteiger partial charge in [0.1, 0.15) is 170 Å². The Kier molecular flexibility index (Phi) is 29.6. The van der Waals surface area contributed by atoms with Gasteiger partial charge in [-0.3, -0.25) is 9.59 Å². The van der Waals surface area contributed by atoms with Crippen LogP contribution in [0.5, 0.6) is 0 Å². The molecule has 9 saturated heterocycles. The number of hydrogen-bond acceptors (Lipinski definition) is 44. The summed E-state index contributed by atoms with van der Waals surface area (Å²) in [5.74, 6) is -3.51. The van der Waals surface area contributed by atoms with Gasteiger partial charge in [0.05, 0.1) is 82.2 Å². The Labute approximate surface area is 725 Å². The molecular formula is C82H130O44. The Morgan fingerprint density at radius 2 is 0.937 bits per heavy atom. The van der Waals surface area contributed by atoms with Crippen LogP contribution < -0.4 is 0 Å². The van der Waals surface area contributed by atoms with Crippen molar-refractivity contribution in [2.24, 2.45) is 50.2 Å². The van der Waals surface area contributed by atoms with Crippen molar-refractivity contribution in [3.63, 3.8) is 0 Å². The molecule has 22 N–H and O–H groups in total. The number of esters is 2. The third kappa shape index (κ3) is 17.5. The molecule has 5 aliphatic carbocycles. The molecule has 0 aromatic carbocycles. The van der Waals surface area contributed by atoms with E-state index < -0.39 is 360 Å². The van der Waals surface area contributed by atoms with Crippen molar-refractivity contribution >= 4 is 18.2 Å². The zero-order valence-corrected chi connectivity index (χ0v) is 71.7. The summed E-state index contributed by atoms with van der Waals surface area (Å²) in [5, 5.41) is 246. The maximum absolute atomic E-state index is 16.6. The van der Waals surface area contributed by atoms with Crippen molar-refractivity contribution < 1.29 is 217 Å². The van der Waals surface area contributed by atoms with Crippen LogP contribution in [0.2, 0.25) is 0 Å². The first-order valence-electron chi connectivity index (χ1n) is 43.5. The molecular weight excluding hydrogens is 1690 g/mol. The Balaban J connectivity index is 0.772. The van der Waals surface area contributed by atoms with Gasteiger partial charge < -0.3 is 207 Å². The lowest BCUT2D eigenvalue weighted by Gasteiger charge is -2.71. The number of aldehydes is 1. The molecule has 0 aromatic heterocycles. The van der Waals surface area contributed by atoms with Crippen LogP contribution >= 0.6 is 0 Å². The molecule has 14 aliphatic rings. The zero-order chi connectivity index (χ0) is 91.8. The average Bonchev–Trinajstić information content (AvgIpc) is 0.781. The number of aliphatic hydroxyl groups is 22. The fourth-order valence-corrected chi connectivity index (χ4v) is 23.0. The van der Waals surface area contributed by atoms with Crippen LogP contribution in [0.1, 0.15) is 127 Å². The first-order valence-corrected chi connectivity index (χ1v) is 43.5. The first-order chi connectivity index (χ1) is 59.2. The number of carbonyl (C=O) groups excluding carboxylic acids is 3. The van der Waals surface area contributed by atoms with Gasteiger partial charge >= 0.3 is 11.9 Å². The van der Waals surface area contributed by atoms with E-state index in [9.17, 15) is 122 Å². The molecule has 44 nitrogen and oxygen atoms in total. The van der Waals surface area contributed by atoms with Gasteiger partial charge in [0, 0.05) is 6.92 Å². The number of carbonyl (C=O) groups is 3. The number of rotatable bonds is 23. The van der Waals surface area contributed by atoms with Crippen LogP contribution in [-0.4, -0.2) is 434 Å². The minimum atomic E-state index is -2.34. The summed E-state index contributed by atoms with van der Waals surface area (Å²) >= 11 is 0. The molecule has 0 amide bonds. The number of ether oxygens (including phenoxy) is 19.